The monoisotopic (exact) mass is 614 g/mol. The van der Waals surface area contributed by atoms with Gasteiger partial charge in [0.25, 0.3) is 5.91 Å². The second-order valence-electron chi connectivity index (χ2n) is 9.72. The minimum atomic E-state index is -1.94. The quantitative estimate of drug-likeness (QED) is 0.137. The highest BCUT2D eigenvalue weighted by Crippen LogP contribution is 2.30. The van der Waals surface area contributed by atoms with Crippen LogP contribution in [0.25, 0.3) is 0 Å². The smallest absolute Gasteiger partial charge is 0.534 e. The molecule has 0 saturated carbocycles. The maximum absolute atomic E-state index is 15.3. The number of hydrogen-bond acceptors (Lipinski definition) is 10. The van der Waals surface area contributed by atoms with Crippen molar-refractivity contribution in [2.24, 2.45) is 0 Å². The fourth-order valence-corrected chi connectivity index (χ4v) is 4.67. The Labute approximate surface area is 249 Å². The second kappa shape index (κ2) is 13.5. The molecule has 6 N–H and O–H groups in total. The van der Waals surface area contributed by atoms with Crippen molar-refractivity contribution in [1.82, 2.24) is 30.7 Å². The highest BCUT2D eigenvalue weighted by Gasteiger charge is 2.41. The van der Waals surface area contributed by atoms with Gasteiger partial charge in [-0.05, 0) is 31.0 Å². The predicted octanol–water partition coefficient (Wildman–Crippen LogP) is -1.78. The van der Waals surface area contributed by atoms with Crippen LogP contribution in [-0.4, -0.2) is 111 Å². The molecule has 1 aromatic heterocycles. The van der Waals surface area contributed by atoms with Crippen LogP contribution in [0.1, 0.15) is 44.9 Å². The summed E-state index contributed by atoms with van der Waals surface area (Å²) in [5, 5.41) is 35.8. The number of imide groups is 1. The molecule has 1 aromatic carbocycles. The molecule has 2 aliphatic rings. The number of carbonyl (C=O) groups excluding carboxylic acids is 5. The third-order valence-corrected chi connectivity index (χ3v) is 6.95. The average Bonchev–Trinajstić information content (AvgIpc) is 2.99. The number of nitrogens with zero attached hydrogens (tertiary/aromatic N) is 3. The molecule has 0 aliphatic carbocycles. The molecule has 4 rings (SSSR count). The molecule has 0 spiro atoms. The number of rotatable bonds is 9. The Hall–Kier alpha value is -5.10. The van der Waals surface area contributed by atoms with Crippen molar-refractivity contribution in [3.63, 3.8) is 0 Å². The molecule has 3 heterocycles. The Morgan fingerprint density at radius 3 is 2.61 bits per heavy atom. The number of pyridine rings is 1. The number of aliphatic hydroxyl groups excluding tert-OH is 1. The van der Waals surface area contributed by atoms with Crippen molar-refractivity contribution in [2.45, 2.75) is 25.3 Å². The molecule has 2 aromatic rings. The van der Waals surface area contributed by atoms with Gasteiger partial charge in [0.05, 0.1) is 23.7 Å². The van der Waals surface area contributed by atoms with Gasteiger partial charge in [0.2, 0.25) is 5.91 Å². The molecule has 0 bridgehead atoms. The number of fused-ring (bicyclic) bond motifs is 1. The lowest BCUT2D eigenvalue weighted by atomic mass is 9.72. The minimum absolute atomic E-state index is 0.0267. The van der Waals surface area contributed by atoms with Gasteiger partial charge in [-0.2, -0.15) is 0 Å². The van der Waals surface area contributed by atoms with Crippen LogP contribution < -0.4 is 20.6 Å². The van der Waals surface area contributed by atoms with Crippen molar-refractivity contribution in [1.29, 1.82) is 0 Å². The summed E-state index contributed by atoms with van der Waals surface area (Å²) < 4.78 is 20.7. The topological polar surface area (TPSA) is 228 Å². The Balaban J connectivity index is 1.61. The van der Waals surface area contributed by atoms with E-state index in [2.05, 4.69) is 20.9 Å². The summed E-state index contributed by atoms with van der Waals surface area (Å²) in [6.07, 6.45) is 0.810. The van der Waals surface area contributed by atoms with Crippen LogP contribution >= 0.6 is 0 Å². The molecule has 1 unspecified atom stereocenters. The van der Waals surface area contributed by atoms with Crippen molar-refractivity contribution in [2.75, 3.05) is 32.8 Å². The van der Waals surface area contributed by atoms with Crippen LogP contribution in [0.5, 0.6) is 5.75 Å². The zero-order chi connectivity index (χ0) is 32.1. The largest absolute Gasteiger partial charge is 0.547 e. The molecule has 0 radical (unpaired) electrons. The van der Waals surface area contributed by atoms with E-state index in [9.17, 15) is 38.9 Å². The number of halogens is 1. The van der Waals surface area contributed by atoms with E-state index in [-0.39, 0.29) is 56.1 Å². The number of carboxylic acids is 1. The van der Waals surface area contributed by atoms with Gasteiger partial charge in [-0.1, -0.05) is 12.1 Å². The summed E-state index contributed by atoms with van der Waals surface area (Å²) in [6, 6.07) is 1.84. The van der Waals surface area contributed by atoms with Crippen molar-refractivity contribution >= 4 is 42.7 Å². The highest BCUT2D eigenvalue weighted by molar-refractivity contribution is 6.47. The molecule has 1 saturated heterocycles. The number of urea groups is 1. The first-order valence-electron chi connectivity index (χ1n) is 13.4. The van der Waals surface area contributed by atoms with Gasteiger partial charge in [-0.25, -0.2) is 14.0 Å². The Bertz CT molecular complexity index is 1510. The number of amides is 6. The minimum Gasteiger partial charge on any atom is -0.534 e. The number of aromatic nitrogens is 1. The van der Waals surface area contributed by atoms with Gasteiger partial charge in [-0.3, -0.25) is 29.1 Å². The highest BCUT2D eigenvalue weighted by atomic mass is 19.1. The summed E-state index contributed by atoms with van der Waals surface area (Å²) in [5.41, 5.74) is -0.807. The first kappa shape index (κ1) is 31.8. The van der Waals surface area contributed by atoms with Gasteiger partial charge in [0.15, 0.2) is 6.04 Å². The lowest BCUT2D eigenvalue weighted by molar-refractivity contribution is -0.153. The maximum Gasteiger partial charge on any atom is 0.547 e. The van der Waals surface area contributed by atoms with E-state index in [1.807, 2.05) is 0 Å². The molecule has 18 heteroatoms. The predicted molar refractivity (Wildman–Crippen MR) is 146 cm³/mol. The SMILES string of the molecule is CCN1CCN(C(=O)NC(C(=O)N[C@H]2Cc3cccc(C(=O)O)c3OB2O)c2ncc(C(=O)NCCO)cc2F)C(=O)C1=O. The summed E-state index contributed by atoms with van der Waals surface area (Å²) in [4.78, 5) is 81.0. The van der Waals surface area contributed by atoms with E-state index in [0.29, 0.717) is 10.5 Å². The number of carboxylic acid groups (broad SMARTS) is 1. The summed E-state index contributed by atoms with van der Waals surface area (Å²) in [7, 11) is -1.75. The zero-order valence-electron chi connectivity index (χ0n) is 23.3. The van der Waals surface area contributed by atoms with Crippen LogP contribution in [0.3, 0.4) is 0 Å². The normalized spacial score (nSPS) is 16.9. The number of para-hydroxylation sites is 1. The molecule has 2 aliphatic heterocycles. The Kier molecular flexibility index (Phi) is 9.75. The van der Waals surface area contributed by atoms with Gasteiger partial charge in [-0.15, -0.1) is 0 Å². The fourth-order valence-electron chi connectivity index (χ4n) is 4.67. The Morgan fingerprint density at radius 1 is 1.20 bits per heavy atom. The first-order valence-corrected chi connectivity index (χ1v) is 13.4. The molecule has 2 atom stereocenters. The number of carbonyl (C=O) groups is 6. The van der Waals surface area contributed by atoms with E-state index in [4.69, 9.17) is 9.76 Å². The lowest BCUT2D eigenvalue weighted by Crippen LogP contribution is -2.60. The molecule has 16 nitrogen and oxygen atoms in total. The maximum atomic E-state index is 15.3. The third kappa shape index (κ3) is 6.60. The number of piperazine rings is 1. The molecule has 44 heavy (non-hydrogen) atoms. The van der Waals surface area contributed by atoms with Gasteiger partial charge < -0.3 is 40.7 Å². The standard InChI is InChI=1S/C26H28BFN6O10/c1-2-33-7-8-34(24(39)23(33)38)26(42)32-19(18-16(28)10-14(12-30-18)21(36)29-6-9-35)22(37)31-17-11-13-4-3-5-15(25(40)41)20(13)44-27(17)43/h3-5,10,12,17,19,35,43H,2,6-9,11H2,1H3,(H,29,36)(H,31,37)(H,32,42)(H,40,41)/t17-,19?/m0/s1. The number of aliphatic hydroxyl groups is 1. The zero-order valence-corrected chi connectivity index (χ0v) is 23.3. The van der Waals surface area contributed by atoms with Crippen molar-refractivity contribution < 1.29 is 53.0 Å². The van der Waals surface area contributed by atoms with E-state index < -0.39 is 66.2 Å². The number of hydrogen-bond donors (Lipinski definition) is 6. The van der Waals surface area contributed by atoms with Gasteiger partial charge in [0, 0.05) is 32.4 Å². The van der Waals surface area contributed by atoms with E-state index in [0.717, 1.165) is 12.3 Å². The van der Waals surface area contributed by atoms with Gasteiger partial charge in [0.1, 0.15) is 17.3 Å². The lowest BCUT2D eigenvalue weighted by Gasteiger charge is -2.33. The number of likely N-dealkylation sites (N-methyl/N-ethyl adjacent to an activating group) is 1. The molecule has 1 fully saturated rings. The molecule has 6 amide bonds. The molecule has 232 valence electrons. The number of aromatic carboxylic acids is 1. The Morgan fingerprint density at radius 2 is 1.95 bits per heavy atom. The third-order valence-electron chi connectivity index (χ3n) is 6.95. The van der Waals surface area contributed by atoms with Crippen LogP contribution in [0.4, 0.5) is 9.18 Å². The molecular formula is C26H28BFN6O10. The van der Waals surface area contributed by atoms with Crippen LogP contribution in [0, 0.1) is 5.82 Å². The fraction of sp³-hybridized carbons (Fsp3) is 0.346. The number of benzene rings is 1. The van der Waals surface area contributed by atoms with E-state index >= 15 is 4.39 Å². The summed E-state index contributed by atoms with van der Waals surface area (Å²) >= 11 is 0. The van der Waals surface area contributed by atoms with E-state index in [1.54, 1.807) is 6.92 Å². The van der Waals surface area contributed by atoms with Gasteiger partial charge >= 0.3 is 30.9 Å². The van der Waals surface area contributed by atoms with Crippen LogP contribution in [-0.2, 0) is 20.8 Å². The number of nitrogens with one attached hydrogen (secondary N) is 3. The summed E-state index contributed by atoms with van der Waals surface area (Å²) in [6.45, 7) is 1.19. The average molecular weight is 614 g/mol. The molecular weight excluding hydrogens is 586 g/mol. The summed E-state index contributed by atoms with van der Waals surface area (Å²) in [5.74, 6) is -7.80. The van der Waals surface area contributed by atoms with Crippen molar-refractivity contribution in [3.05, 3.63) is 58.7 Å². The second-order valence-corrected chi connectivity index (χ2v) is 9.72. The van der Waals surface area contributed by atoms with Crippen molar-refractivity contribution in [3.8, 4) is 5.75 Å². The van der Waals surface area contributed by atoms with Crippen LogP contribution in [0.2, 0.25) is 0 Å². The van der Waals surface area contributed by atoms with E-state index in [1.165, 1.54) is 23.1 Å². The first-order chi connectivity index (χ1) is 21.0. The van der Waals surface area contributed by atoms with Crippen LogP contribution in [0.15, 0.2) is 30.5 Å².